The molecular formula is C10H12F3N3O2. The van der Waals surface area contributed by atoms with Gasteiger partial charge in [-0.25, -0.2) is 14.1 Å². The highest BCUT2D eigenvalue weighted by Gasteiger charge is 2.10. The Morgan fingerprint density at radius 2 is 2.00 bits per heavy atom. The second kappa shape index (κ2) is 6.18. The van der Waals surface area contributed by atoms with Gasteiger partial charge < -0.3 is 4.74 Å². The van der Waals surface area contributed by atoms with Gasteiger partial charge in [-0.05, 0) is 13.8 Å². The molecule has 0 aliphatic rings. The SMILES string of the molecule is Cc1nc(C)n(CC(=O)OCCC(F)=C(F)F)n1. The number of hydrogen-bond donors (Lipinski definition) is 0. The van der Waals surface area contributed by atoms with E-state index in [-0.39, 0.29) is 6.54 Å². The Bertz CT molecular complexity index is 467. The normalized spacial score (nSPS) is 10.3. The molecule has 18 heavy (non-hydrogen) atoms. The van der Waals surface area contributed by atoms with Crippen molar-refractivity contribution in [1.29, 1.82) is 0 Å². The van der Waals surface area contributed by atoms with Gasteiger partial charge in [0.15, 0.2) is 5.83 Å². The van der Waals surface area contributed by atoms with Crippen LogP contribution in [0.5, 0.6) is 0 Å². The zero-order valence-corrected chi connectivity index (χ0v) is 9.91. The molecule has 0 saturated carbocycles. The van der Waals surface area contributed by atoms with Crippen LogP contribution in [-0.2, 0) is 16.1 Å². The minimum Gasteiger partial charge on any atom is -0.464 e. The third-order valence-corrected chi connectivity index (χ3v) is 2.03. The van der Waals surface area contributed by atoms with Crippen LogP contribution in [0.3, 0.4) is 0 Å². The maximum atomic E-state index is 12.4. The van der Waals surface area contributed by atoms with E-state index >= 15 is 0 Å². The van der Waals surface area contributed by atoms with Crippen molar-refractivity contribution in [3.63, 3.8) is 0 Å². The quantitative estimate of drug-likeness (QED) is 0.761. The summed E-state index contributed by atoms with van der Waals surface area (Å²) in [5, 5.41) is 3.92. The molecular weight excluding hydrogens is 251 g/mol. The standard InChI is InChI=1S/C10H12F3N3O2/c1-6-14-7(2)16(15-6)5-9(17)18-4-3-8(11)10(12)13/h3-5H2,1-2H3. The molecule has 5 nitrogen and oxygen atoms in total. The van der Waals surface area contributed by atoms with Gasteiger partial charge >= 0.3 is 12.0 Å². The highest BCUT2D eigenvalue weighted by atomic mass is 19.3. The zero-order chi connectivity index (χ0) is 13.7. The fourth-order valence-corrected chi connectivity index (χ4v) is 1.23. The molecule has 1 rings (SSSR count). The number of esters is 1. The summed E-state index contributed by atoms with van der Waals surface area (Å²) in [5.74, 6) is -1.22. The van der Waals surface area contributed by atoms with Crippen molar-refractivity contribution in [2.75, 3.05) is 6.61 Å². The summed E-state index contributed by atoms with van der Waals surface area (Å²) in [6.07, 6.45) is -3.03. The van der Waals surface area contributed by atoms with Gasteiger partial charge in [0.05, 0.1) is 6.61 Å². The summed E-state index contributed by atoms with van der Waals surface area (Å²) in [4.78, 5) is 15.3. The highest BCUT2D eigenvalue weighted by Crippen LogP contribution is 2.12. The van der Waals surface area contributed by atoms with E-state index in [1.807, 2.05) is 0 Å². The van der Waals surface area contributed by atoms with E-state index < -0.39 is 30.9 Å². The average molecular weight is 263 g/mol. The fourth-order valence-electron chi connectivity index (χ4n) is 1.23. The number of carbonyl (C=O) groups excluding carboxylic acids is 1. The number of nitrogens with zero attached hydrogens (tertiary/aromatic N) is 3. The Morgan fingerprint density at radius 3 is 2.50 bits per heavy atom. The lowest BCUT2D eigenvalue weighted by Crippen LogP contribution is -2.16. The third kappa shape index (κ3) is 4.19. The second-order valence-electron chi connectivity index (χ2n) is 3.50. The van der Waals surface area contributed by atoms with Gasteiger partial charge in [0.1, 0.15) is 18.2 Å². The number of hydrogen-bond acceptors (Lipinski definition) is 4. The van der Waals surface area contributed by atoms with Gasteiger partial charge in [-0.1, -0.05) is 0 Å². The van der Waals surface area contributed by atoms with Gasteiger partial charge in [-0.3, -0.25) is 4.79 Å². The molecule has 0 aliphatic carbocycles. The van der Waals surface area contributed by atoms with Crippen molar-refractivity contribution in [2.24, 2.45) is 0 Å². The van der Waals surface area contributed by atoms with Gasteiger partial charge in [0.25, 0.3) is 0 Å². The molecule has 0 aliphatic heterocycles. The van der Waals surface area contributed by atoms with Crippen LogP contribution in [0.2, 0.25) is 0 Å². The first kappa shape index (κ1) is 14.2. The number of carbonyl (C=O) groups is 1. The van der Waals surface area contributed by atoms with Crippen LogP contribution in [0.25, 0.3) is 0 Å². The van der Waals surface area contributed by atoms with Crippen molar-refractivity contribution in [3.8, 4) is 0 Å². The number of rotatable bonds is 5. The molecule has 0 atom stereocenters. The summed E-state index contributed by atoms with van der Waals surface area (Å²) >= 11 is 0. The Hall–Kier alpha value is -1.86. The van der Waals surface area contributed by atoms with Crippen molar-refractivity contribution in [3.05, 3.63) is 23.6 Å². The number of ether oxygens (including phenoxy) is 1. The summed E-state index contributed by atoms with van der Waals surface area (Å²) in [7, 11) is 0. The largest absolute Gasteiger partial charge is 0.464 e. The third-order valence-electron chi connectivity index (χ3n) is 2.03. The van der Waals surface area contributed by atoms with Crippen molar-refractivity contribution in [2.45, 2.75) is 26.8 Å². The second-order valence-corrected chi connectivity index (χ2v) is 3.50. The molecule has 0 amide bonds. The molecule has 1 aromatic rings. The van der Waals surface area contributed by atoms with Gasteiger partial charge in [-0.2, -0.15) is 13.9 Å². The highest BCUT2D eigenvalue weighted by molar-refractivity contribution is 5.69. The lowest BCUT2D eigenvalue weighted by molar-refractivity contribution is -0.144. The Kier molecular flexibility index (Phi) is 4.87. The molecule has 0 N–H and O–H groups in total. The molecule has 0 bridgehead atoms. The van der Waals surface area contributed by atoms with Crippen molar-refractivity contribution < 1.29 is 22.7 Å². The van der Waals surface area contributed by atoms with E-state index in [0.717, 1.165) is 0 Å². The Morgan fingerprint density at radius 1 is 1.33 bits per heavy atom. The van der Waals surface area contributed by atoms with E-state index in [0.29, 0.717) is 11.6 Å². The smallest absolute Gasteiger partial charge is 0.327 e. The van der Waals surface area contributed by atoms with E-state index in [9.17, 15) is 18.0 Å². The molecule has 1 aromatic heterocycles. The van der Waals surface area contributed by atoms with Crippen LogP contribution >= 0.6 is 0 Å². The Labute approximate surface area is 101 Å². The van der Waals surface area contributed by atoms with E-state index in [1.165, 1.54) is 4.68 Å². The predicted molar refractivity (Wildman–Crippen MR) is 55.4 cm³/mol. The van der Waals surface area contributed by atoms with Crippen molar-refractivity contribution >= 4 is 5.97 Å². The molecule has 0 spiro atoms. The molecule has 100 valence electrons. The molecule has 0 aromatic carbocycles. The fraction of sp³-hybridized carbons (Fsp3) is 0.500. The number of aromatic nitrogens is 3. The molecule has 0 saturated heterocycles. The first-order valence-corrected chi connectivity index (χ1v) is 5.13. The summed E-state index contributed by atoms with van der Waals surface area (Å²) in [6.45, 7) is 2.71. The first-order chi connectivity index (χ1) is 8.40. The van der Waals surface area contributed by atoms with E-state index in [4.69, 9.17) is 0 Å². The minimum absolute atomic E-state index is 0.184. The number of aryl methyl sites for hydroxylation is 2. The van der Waals surface area contributed by atoms with Gasteiger partial charge in [-0.15, -0.1) is 0 Å². The maximum absolute atomic E-state index is 12.4. The molecule has 8 heteroatoms. The molecule has 0 radical (unpaired) electrons. The number of halogens is 3. The topological polar surface area (TPSA) is 57.0 Å². The first-order valence-electron chi connectivity index (χ1n) is 5.13. The van der Waals surface area contributed by atoms with Crippen LogP contribution in [-0.4, -0.2) is 27.3 Å². The molecule has 0 fully saturated rings. The van der Waals surface area contributed by atoms with Crippen LogP contribution in [0.4, 0.5) is 13.2 Å². The van der Waals surface area contributed by atoms with Crippen LogP contribution in [0, 0.1) is 13.8 Å². The molecule has 0 unspecified atom stereocenters. The van der Waals surface area contributed by atoms with Crippen LogP contribution in [0.15, 0.2) is 11.9 Å². The molecule has 1 heterocycles. The summed E-state index contributed by atoms with van der Waals surface area (Å²) in [5.41, 5.74) is 0. The van der Waals surface area contributed by atoms with E-state index in [2.05, 4.69) is 14.8 Å². The van der Waals surface area contributed by atoms with Crippen LogP contribution < -0.4 is 0 Å². The average Bonchev–Trinajstić information content (AvgIpc) is 2.57. The zero-order valence-electron chi connectivity index (χ0n) is 9.91. The predicted octanol–water partition coefficient (Wildman–Crippen LogP) is 1.91. The minimum atomic E-state index is -2.39. The van der Waals surface area contributed by atoms with E-state index in [1.54, 1.807) is 13.8 Å². The summed E-state index contributed by atoms with van der Waals surface area (Å²) in [6, 6.07) is 0. The van der Waals surface area contributed by atoms with Gasteiger partial charge in [0.2, 0.25) is 0 Å². The lowest BCUT2D eigenvalue weighted by atomic mass is 10.4. The maximum Gasteiger partial charge on any atom is 0.327 e. The van der Waals surface area contributed by atoms with Crippen molar-refractivity contribution in [1.82, 2.24) is 14.8 Å². The lowest BCUT2D eigenvalue weighted by Gasteiger charge is -2.04. The van der Waals surface area contributed by atoms with Gasteiger partial charge in [0, 0.05) is 6.42 Å². The van der Waals surface area contributed by atoms with Crippen LogP contribution in [0.1, 0.15) is 18.1 Å². The summed E-state index contributed by atoms with van der Waals surface area (Å²) < 4.78 is 41.7. The Balaban J connectivity index is 2.39. The monoisotopic (exact) mass is 263 g/mol.